The second-order valence-electron chi connectivity index (χ2n) is 5.39. The highest BCUT2D eigenvalue weighted by Crippen LogP contribution is 2.34. The zero-order valence-electron chi connectivity index (χ0n) is 13.7. The lowest BCUT2D eigenvalue weighted by molar-refractivity contribution is 0.488. The van der Waals surface area contributed by atoms with E-state index in [1.54, 1.807) is 18.2 Å². The normalized spacial score (nSPS) is 13.6. The number of aromatic nitrogens is 4. The van der Waals surface area contributed by atoms with Gasteiger partial charge in [0.1, 0.15) is 16.7 Å². The van der Waals surface area contributed by atoms with E-state index in [0.29, 0.717) is 27.1 Å². The molecule has 9 nitrogen and oxygen atoms in total. The van der Waals surface area contributed by atoms with Crippen LogP contribution in [-0.4, -0.2) is 45.9 Å². The van der Waals surface area contributed by atoms with Crippen LogP contribution in [0, 0.1) is 0 Å². The van der Waals surface area contributed by atoms with Gasteiger partial charge in [0.25, 0.3) is 0 Å². The first-order chi connectivity index (χ1) is 11.8. The number of nitrogens with zero attached hydrogens (tertiary/aromatic N) is 4. The minimum atomic E-state index is -3.31. The van der Waals surface area contributed by atoms with Crippen molar-refractivity contribution >= 4 is 54.6 Å². The Kier molecular flexibility index (Phi) is 4.73. The van der Waals surface area contributed by atoms with Crippen molar-refractivity contribution in [3.63, 3.8) is 0 Å². The number of anilines is 3. The highest BCUT2D eigenvalue weighted by molar-refractivity contribution is 9.10. The van der Waals surface area contributed by atoms with Gasteiger partial charge in [0.2, 0.25) is 4.90 Å². The summed E-state index contributed by atoms with van der Waals surface area (Å²) in [7, 11) is 1.90. The fraction of sp³-hybridized carbons (Fsp3) is 0.214. The Hall–Kier alpha value is -2.08. The van der Waals surface area contributed by atoms with Crippen molar-refractivity contribution in [2.75, 3.05) is 31.4 Å². The zero-order chi connectivity index (χ0) is 18.2. The summed E-state index contributed by atoms with van der Waals surface area (Å²) in [5.74, 6) is 0.528. The number of benzene rings is 1. The van der Waals surface area contributed by atoms with E-state index in [4.69, 9.17) is 0 Å². The van der Waals surface area contributed by atoms with Crippen LogP contribution >= 0.6 is 15.9 Å². The number of hydrogen-bond acceptors (Lipinski definition) is 6. The van der Waals surface area contributed by atoms with Crippen LogP contribution in [-0.2, 0) is 14.6 Å². The molecule has 0 radical (unpaired) electrons. The van der Waals surface area contributed by atoms with Gasteiger partial charge < -0.3 is 10.2 Å². The van der Waals surface area contributed by atoms with Gasteiger partial charge in [-0.25, -0.2) is 9.97 Å². The Balaban J connectivity index is 2.13. The molecule has 0 aliphatic rings. The average Bonchev–Trinajstić information content (AvgIpc) is 2.97. The molecule has 4 N–H and O–H groups in total. The molecule has 1 unspecified atom stereocenters. The van der Waals surface area contributed by atoms with Gasteiger partial charge in [0, 0.05) is 33.3 Å². The maximum atomic E-state index is 12.2. The van der Waals surface area contributed by atoms with Gasteiger partial charge in [0.15, 0.2) is 5.65 Å². The topological polar surface area (TPSA) is 119 Å². The molecule has 0 amide bonds. The van der Waals surface area contributed by atoms with Gasteiger partial charge in [-0.05, 0) is 26.2 Å². The average molecular weight is 427 g/mol. The molecular formula is C14H17BrN7O2S+. The zero-order valence-corrected chi connectivity index (χ0v) is 16.1. The Morgan fingerprint density at radius 3 is 2.76 bits per heavy atom. The highest BCUT2D eigenvalue weighted by atomic mass is 79.9. The number of hydrogen-bond donors (Lipinski definition) is 4. The summed E-state index contributed by atoms with van der Waals surface area (Å²) < 4.78 is 25.3. The number of halogens is 1. The first-order valence-electron chi connectivity index (χ1n) is 7.21. The molecule has 11 heteroatoms. The third-order valence-corrected chi connectivity index (χ3v) is 5.63. The van der Waals surface area contributed by atoms with Crippen LogP contribution < -0.4 is 14.9 Å². The van der Waals surface area contributed by atoms with Gasteiger partial charge in [0.05, 0.1) is 16.8 Å². The maximum absolute atomic E-state index is 12.2. The smallest absolute Gasteiger partial charge is 0.323 e. The van der Waals surface area contributed by atoms with Crippen molar-refractivity contribution in [2.24, 2.45) is 0 Å². The highest BCUT2D eigenvalue weighted by Gasteiger charge is 2.28. The molecule has 0 saturated carbocycles. The van der Waals surface area contributed by atoms with Crippen molar-refractivity contribution in [3.05, 3.63) is 29.1 Å². The summed E-state index contributed by atoms with van der Waals surface area (Å²) in [4.78, 5) is 10.5. The molecule has 3 rings (SSSR count). The second kappa shape index (κ2) is 6.67. The third kappa shape index (κ3) is 3.35. The Morgan fingerprint density at radius 1 is 1.32 bits per heavy atom. The lowest BCUT2D eigenvalue weighted by Gasteiger charge is -2.19. The molecule has 0 aliphatic heterocycles. The van der Waals surface area contributed by atoms with E-state index in [1.165, 1.54) is 13.4 Å². The van der Waals surface area contributed by atoms with E-state index < -0.39 is 10.4 Å². The van der Waals surface area contributed by atoms with Crippen LogP contribution in [0.3, 0.4) is 0 Å². The number of aromatic amines is 1. The van der Waals surface area contributed by atoms with E-state index in [1.807, 2.05) is 19.0 Å². The van der Waals surface area contributed by atoms with Gasteiger partial charge in [-0.1, -0.05) is 0 Å². The number of fused-ring (bicyclic) bond motifs is 1. The van der Waals surface area contributed by atoms with E-state index in [9.17, 15) is 8.76 Å². The molecule has 1 aromatic carbocycles. The fourth-order valence-electron chi connectivity index (χ4n) is 2.34. The molecule has 0 saturated heterocycles. The molecule has 132 valence electrons. The SMILES string of the molecule is CN[S+](=O)(O)c1ccc(N(C)C)c(Nc2ncnc3n[nH]c(Br)c23)c1. The van der Waals surface area contributed by atoms with E-state index >= 15 is 0 Å². The largest absolute Gasteiger partial charge is 0.376 e. The van der Waals surface area contributed by atoms with Gasteiger partial charge >= 0.3 is 10.4 Å². The van der Waals surface area contributed by atoms with Gasteiger partial charge in [-0.15, -0.1) is 4.72 Å². The van der Waals surface area contributed by atoms with Crippen LogP contribution in [0.2, 0.25) is 0 Å². The molecule has 0 aliphatic carbocycles. The van der Waals surface area contributed by atoms with Crippen LogP contribution in [0.5, 0.6) is 0 Å². The molecule has 0 bridgehead atoms. The van der Waals surface area contributed by atoms with Crippen LogP contribution in [0.1, 0.15) is 0 Å². The third-order valence-electron chi connectivity index (χ3n) is 3.61. The van der Waals surface area contributed by atoms with Crippen molar-refractivity contribution in [2.45, 2.75) is 4.90 Å². The predicted molar refractivity (Wildman–Crippen MR) is 101 cm³/mol. The number of nitrogens with one attached hydrogen (secondary N) is 3. The first-order valence-corrected chi connectivity index (χ1v) is 9.52. The molecule has 2 heterocycles. The molecule has 0 spiro atoms. The maximum Gasteiger partial charge on any atom is 0.323 e. The first kappa shape index (κ1) is 17.7. The van der Waals surface area contributed by atoms with Crippen molar-refractivity contribution in [1.29, 1.82) is 0 Å². The summed E-state index contributed by atoms with van der Waals surface area (Å²) in [5, 5.41) is 10.8. The minimum Gasteiger partial charge on any atom is -0.376 e. The molecule has 1 atom stereocenters. The predicted octanol–water partition coefficient (Wildman–Crippen LogP) is 2.39. The summed E-state index contributed by atoms with van der Waals surface area (Å²) >= 11 is 3.39. The van der Waals surface area contributed by atoms with Crippen LogP contribution in [0.4, 0.5) is 17.2 Å². The monoisotopic (exact) mass is 426 g/mol. The molecule has 25 heavy (non-hydrogen) atoms. The van der Waals surface area contributed by atoms with Crippen LogP contribution in [0.15, 0.2) is 34.0 Å². The van der Waals surface area contributed by atoms with Crippen molar-refractivity contribution in [3.8, 4) is 0 Å². The molecule has 2 aromatic heterocycles. The Bertz CT molecular complexity index is 975. The van der Waals surface area contributed by atoms with E-state index in [0.717, 1.165) is 5.69 Å². The van der Waals surface area contributed by atoms with Gasteiger partial charge in [-0.2, -0.15) is 9.65 Å². The molecule has 0 fully saturated rings. The summed E-state index contributed by atoms with van der Waals surface area (Å²) in [6, 6.07) is 5.01. The lowest BCUT2D eigenvalue weighted by atomic mass is 10.2. The molecular weight excluding hydrogens is 410 g/mol. The lowest BCUT2D eigenvalue weighted by Crippen LogP contribution is -2.26. The summed E-state index contributed by atoms with van der Waals surface area (Å²) in [6.45, 7) is 0. The molecule has 3 aromatic rings. The summed E-state index contributed by atoms with van der Waals surface area (Å²) in [5.41, 5.74) is 1.97. The number of rotatable bonds is 5. The van der Waals surface area contributed by atoms with E-state index in [2.05, 4.69) is 46.1 Å². The Labute approximate surface area is 153 Å². The number of H-pyrrole nitrogens is 1. The summed E-state index contributed by atoms with van der Waals surface area (Å²) in [6.07, 6.45) is 1.40. The van der Waals surface area contributed by atoms with Crippen LogP contribution in [0.25, 0.3) is 11.0 Å². The fourth-order valence-corrected chi connectivity index (χ4v) is 3.56. The van der Waals surface area contributed by atoms with Crippen molar-refractivity contribution in [1.82, 2.24) is 24.9 Å². The Morgan fingerprint density at radius 2 is 2.08 bits per heavy atom. The standard InChI is InChI=1S/C14H16BrN7O2S/c1-16-25(23,24)8-4-5-10(22(2)3)9(6-8)19-13-11-12(15)20-21-14(11)18-7-17-13/h4-7H,1-3H3,(H3-,16,17,18,19,20,21,23,24)/p+1. The van der Waals surface area contributed by atoms with Gasteiger partial charge in [-0.3, -0.25) is 5.10 Å². The second-order valence-corrected chi connectivity index (χ2v) is 8.11. The van der Waals surface area contributed by atoms with Crippen molar-refractivity contribution < 1.29 is 8.76 Å². The quantitative estimate of drug-likeness (QED) is 0.462. The minimum absolute atomic E-state index is 0.264. The van der Waals surface area contributed by atoms with E-state index in [-0.39, 0.29) is 4.90 Å².